The van der Waals surface area contributed by atoms with Crippen molar-refractivity contribution >= 4 is 0 Å². The number of hydrogen-bond acceptors (Lipinski definition) is 3. The van der Waals surface area contributed by atoms with Gasteiger partial charge in [-0.1, -0.05) is 51.7 Å². The minimum Gasteiger partial charge on any atom is -0.490 e. The molecule has 0 unspecified atom stereocenters. The van der Waals surface area contributed by atoms with Crippen LogP contribution in [0.5, 0.6) is 11.5 Å². The minimum absolute atomic E-state index is 0.571. The van der Waals surface area contributed by atoms with E-state index in [-0.39, 0.29) is 0 Å². The van der Waals surface area contributed by atoms with Crippen LogP contribution in [-0.4, -0.2) is 26.4 Å². The lowest BCUT2D eigenvalue weighted by molar-refractivity contribution is 0.0959. The molecule has 21 heavy (non-hydrogen) atoms. The lowest BCUT2D eigenvalue weighted by Crippen LogP contribution is -2.08. The van der Waals surface area contributed by atoms with E-state index in [9.17, 15) is 0 Å². The Labute approximate surface area is 129 Å². The first-order valence-corrected chi connectivity index (χ1v) is 8.30. The maximum Gasteiger partial charge on any atom is 0.161 e. The molecule has 0 spiro atoms. The van der Waals surface area contributed by atoms with Gasteiger partial charge in [-0.25, -0.2) is 0 Å². The van der Waals surface area contributed by atoms with Crippen molar-refractivity contribution in [2.45, 2.75) is 52.4 Å². The predicted octanol–water partition coefficient (Wildman–Crippen LogP) is 4.84. The van der Waals surface area contributed by atoms with Crippen LogP contribution in [0.1, 0.15) is 52.4 Å². The van der Waals surface area contributed by atoms with Gasteiger partial charge >= 0.3 is 0 Å². The third-order valence-electron chi connectivity index (χ3n) is 3.23. The van der Waals surface area contributed by atoms with Gasteiger partial charge in [0.2, 0.25) is 0 Å². The highest BCUT2D eigenvalue weighted by Gasteiger charge is 2.03. The second kappa shape index (κ2) is 12.5. The van der Waals surface area contributed by atoms with Crippen LogP contribution in [0.4, 0.5) is 0 Å². The van der Waals surface area contributed by atoms with Gasteiger partial charge in [-0.2, -0.15) is 0 Å². The van der Waals surface area contributed by atoms with Gasteiger partial charge in [-0.05, 0) is 25.0 Å². The molecule has 0 aromatic heterocycles. The Hall–Kier alpha value is -1.22. The maximum atomic E-state index is 5.78. The first kappa shape index (κ1) is 17.8. The Morgan fingerprint density at radius 3 is 1.86 bits per heavy atom. The highest BCUT2D eigenvalue weighted by atomic mass is 16.5. The molecule has 0 heterocycles. The molecule has 0 aliphatic rings. The fourth-order valence-corrected chi connectivity index (χ4v) is 1.99. The van der Waals surface area contributed by atoms with Crippen LogP contribution in [0, 0.1) is 0 Å². The Kier molecular flexibility index (Phi) is 10.6. The van der Waals surface area contributed by atoms with Crippen LogP contribution < -0.4 is 9.47 Å². The van der Waals surface area contributed by atoms with Gasteiger partial charge in [0.05, 0.1) is 13.2 Å². The van der Waals surface area contributed by atoms with Crippen LogP contribution in [0.15, 0.2) is 24.3 Å². The van der Waals surface area contributed by atoms with E-state index in [2.05, 4.69) is 13.8 Å². The number of benzene rings is 1. The lowest BCUT2D eigenvalue weighted by atomic mass is 10.2. The fraction of sp³-hybridized carbons (Fsp3) is 0.667. The SMILES string of the molecule is CCCCCOCCOc1ccccc1OCCCCC. The molecule has 1 aromatic carbocycles. The van der Waals surface area contributed by atoms with Crippen molar-refractivity contribution in [3.05, 3.63) is 24.3 Å². The number of hydrogen-bond donors (Lipinski definition) is 0. The van der Waals surface area contributed by atoms with Crippen LogP contribution >= 0.6 is 0 Å². The van der Waals surface area contributed by atoms with Crippen molar-refractivity contribution in [3.63, 3.8) is 0 Å². The third-order valence-corrected chi connectivity index (χ3v) is 3.23. The van der Waals surface area contributed by atoms with Crippen LogP contribution in [0.3, 0.4) is 0 Å². The van der Waals surface area contributed by atoms with E-state index in [1.807, 2.05) is 24.3 Å². The van der Waals surface area contributed by atoms with Crippen molar-refractivity contribution in [1.29, 1.82) is 0 Å². The third kappa shape index (κ3) is 8.61. The highest BCUT2D eigenvalue weighted by molar-refractivity contribution is 5.39. The highest BCUT2D eigenvalue weighted by Crippen LogP contribution is 2.26. The fourth-order valence-electron chi connectivity index (χ4n) is 1.99. The number of ether oxygens (including phenoxy) is 3. The van der Waals surface area contributed by atoms with Gasteiger partial charge in [-0.15, -0.1) is 0 Å². The van der Waals surface area contributed by atoms with Gasteiger partial charge in [0, 0.05) is 6.61 Å². The van der Waals surface area contributed by atoms with E-state index < -0.39 is 0 Å². The smallest absolute Gasteiger partial charge is 0.161 e. The Balaban J connectivity index is 2.21. The predicted molar refractivity (Wildman–Crippen MR) is 87.3 cm³/mol. The summed E-state index contributed by atoms with van der Waals surface area (Å²) >= 11 is 0. The lowest BCUT2D eigenvalue weighted by Gasteiger charge is -2.12. The molecule has 0 saturated heterocycles. The van der Waals surface area contributed by atoms with E-state index in [0.717, 1.165) is 37.6 Å². The molecule has 0 aliphatic heterocycles. The molecule has 1 aromatic rings. The summed E-state index contributed by atoms with van der Waals surface area (Å²) in [6.45, 7) is 7.17. The van der Waals surface area contributed by atoms with Gasteiger partial charge in [-0.3, -0.25) is 0 Å². The summed E-state index contributed by atoms with van der Waals surface area (Å²) in [5, 5.41) is 0. The molecule has 0 saturated carbocycles. The summed E-state index contributed by atoms with van der Waals surface area (Å²) in [6, 6.07) is 7.86. The second-order valence-corrected chi connectivity index (χ2v) is 5.17. The minimum atomic E-state index is 0.571. The Morgan fingerprint density at radius 1 is 0.667 bits per heavy atom. The molecule has 0 aliphatic carbocycles. The molecular formula is C18H30O3. The summed E-state index contributed by atoms with van der Waals surface area (Å²) in [6.07, 6.45) is 7.09. The van der Waals surface area contributed by atoms with E-state index in [1.165, 1.54) is 25.7 Å². The summed E-state index contributed by atoms with van der Waals surface area (Å²) in [5.74, 6) is 1.64. The van der Waals surface area contributed by atoms with Crippen molar-refractivity contribution in [3.8, 4) is 11.5 Å². The zero-order valence-corrected chi connectivity index (χ0v) is 13.6. The summed E-state index contributed by atoms with van der Waals surface area (Å²) in [4.78, 5) is 0. The first-order chi connectivity index (χ1) is 10.4. The van der Waals surface area contributed by atoms with E-state index in [0.29, 0.717) is 13.2 Å². The topological polar surface area (TPSA) is 27.7 Å². The number of para-hydroxylation sites is 2. The van der Waals surface area contributed by atoms with Crippen molar-refractivity contribution in [2.75, 3.05) is 26.4 Å². The van der Waals surface area contributed by atoms with Crippen molar-refractivity contribution < 1.29 is 14.2 Å². The molecule has 3 nitrogen and oxygen atoms in total. The molecule has 0 radical (unpaired) electrons. The van der Waals surface area contributed by atoms with E-state index in [4.69, 9.17) is 14.2 Å². The van der Waals surface area contributed by atoms with Crippen LogP contribution in [0.2, 0.25) is 0 Å². The van der Waals surface area contributed by atoms with Crippen LogP contribution in [-0.2, 0) is 4.74 Å². The standard InChI is InChI=1S/C18H30O3/c1-3-5-9-13-19-15-16-21-18-12-8-7-11-17(18)20-14-10-6-4-2/h7-8,11-12H,3-6,9-10,13-16H2,1-2H3. The monoisotopic (exact) mass is 294 g/mol. The average molecular weight is 294 g/mol. The molecule has 0 atom stereocenters. The molecule has 0 amide bonds. The Morgan fingerprint density at radius 2 is 1.24 bits per heavy atom. The summed E-state index contributed by atoms with van der Waals surface area (Å²) < 4.78 is 17.1. The normalized spacial score (nSPS) is 10.6. The second-order valence-electron chi connectivity index (χ2n) is 5.17. The molecule has 120 valence electrons. The Bertz CT molecular complexity index is 352. The molecule has 0 fully saturated rings. The number of rotatable bonds is 13. The van der Waals surface area contributed by atoms with Crippen molar-refractivity contribution in [1.82, 2.24) is 0 Å². The van der Waals surface area contributed by atoms with Gasteiger partial charge in [0.25, 0.3) is 0 Å². The van der Waals surface area contributed by atoms with E-state index >= 15 is 0 Å². The summed E-state index contributed by atoms with van der Waals surface area (Å²) in [7, 11) is 0. The average Bonchev–Trinajstić information content (AvgIpc) is 2.52. The van der Waals surface area contributed by atoms with Gasteiger partial charge < -0.3 is 14.2 Å². The van der Waals surface area contributed by atoms with E-state index in [1.54, 1.807) is 0 Å². The molecule has 0 N–H and O–H groups in total. The largest absolute Gasteiger partial charge is 0.490 e. The molecular weight excluding hydrogens is 264 g/mol. The van der Waals surface area contributed by atoms with Crippen LogP contribution in [0.25, 0.3) is 0 Å². The summed E-state index contributed by atoms with van der Waals surface area (Å²) in [5.41, 5.74) is 0. The zero-order valence-electron chi connectivity index (χ0n) is 13.6. The number of unbranched alkanes of at least 4 members (excludes halogenated alkanes) is 4. The van der Waals surface area contributed by atoms with Gasteiger partial charge in [0.1, 0.15) is 6.61 Å². The maximum absolute atomic E-state index is 5.78. The first-order valence-electron chi connectivity index (χ1n) is 8.30. The quantitative estimate of drug-likeness (QED) is 0.487. The van der Waals surface area contributed by atoms with Crippen molar-refractivity contribution in [2.24, 2.45) is 0 Å². The molecule has 3 heteroatoms. The molecule has 1 rings (SSSR count). The molecule has 0 bridgehead atoms. The zero-order chi connectivity index (χ0) is 15.2. The van der Waals surface area contributed by atoms with Gasteiger partial charge in [0.15, 0.2) is 11.5 Å².